The number of hydrogen-bond acceptors (Lipinski definition) is 3. The molecular weight excluding hydrogens is 388 g/mol. The molecule has 0 amide bonds. The average molecular weight is 409 g/mol. The van der Waals surface area contributed by atoms with Gasteiger partial charge in [0.2, 0.25) is 0 Å². The number of hydrogen-bond donors (Lipinski definition) is 0. The van der Waals surface area contributed by atoms with Gasteiger partial charge in [0.05, 0.1) is 10.8 Å². The molecule has 0 N–H and O–H groups in total. The summed E-state index contributed by atoms with van der Waals surface area (Å²) in [7, 11) is -1.25. The first-order chi connectivity index (χ1) is 14.8. The molecule has 2 aromatic heterocycles. The van der Waals surface area contributed by atoms with Gasteiger partial charge in [0, 0.05) is 34.6 Å². The molecular formula is C26H20N2OS. The lowest BCUT2D eigenvalue weighted by Crippen LogP contribution is -1.93. The van der Waals surface area contributed by atoms with Crippen LogP contribution < -0.4 is 0 Å². The Kier molecular flexibility index (Phi) is 6.38. The van der Waals surface area contributed by atoms with Gasteiger partial charge in [-0.2, -0.15) is 0 Å². The Bertz CT molecular complexity index is 1110. The van der Waals surface area contributed by atoms with E-state index in [0.717, 1.165) is 32.0 Å². The van der Waals surface area contributed by atoms with Crippen molar-refractivity contribution in [2.45, 2.75) is 9.79 Å². The van der Waals surface area contributed by atoms with E-state index < -0.39 is 10.8 Å². The zero-order chi connectivity index (χ0) is 20.6. The van der Waals surface area contributed by atoms with Crippen molar-refractivity contribution in [1.29, 1.82) is 0 Å². The van der Waals surface area contributed by atoms with Gasteiger partial charge < -0.3 is 0 Å². The van der Waals surface area contributed by atoms with Crippen LogP contribution in [-0.4, -0.2) is 14.2 Å². The number of nitrogens with zero attached hydrogens (tertiary/aromatic N) is 2. The Balaban J connectivity index is 1.53. The molecule has 0 aliphatic carbocycles. The summed E-state index contributed by atoms with van der Waals surface area (Å²) in [6.45, 7) is 0. The summed E-state index contributed by atoms with van der Waals surface area (Å²) < 4.78 is 13.1. The Morgan fingerprint density at radius 1 is 0.533 bits per heavy atom. The number of aromatic nitrogens is 2. The summed E-state index contributed by atoms with van der Waals surface area (Å²) in [5, 5.41) is 0. The third kappa shape index (κ3) is 5.25. The van der Waals surface area contributed by atoms with E-state index in [1.165, 1.54) is 0 Å². The predicted molar refractivity (Wildman–Crippen MR) is 124 cm³/mol. The Labute approximate surface area is 178 Å². The standard InChI is InChI=1S/C26H20N2OS/c29-30(25-5-1-3-23(19-25)9-7-21-11-15-27-16-12-21)26-6-2-4-24(20-26)10-8-22-13-17-28-18-14-22/h1-20H/b9-7+,10-8+. The van der Waals surface area contributed by atoms with Crippen molar-refractivity contribution in [2.24, 2.45) is 0 Å². The van der Waals surface area contributed by atoms with Crippen LogP contribution in [0.3, 0.4) is 0 Å². The minimum absolute atomic E-state index is 0.780. The van der Waals surface area contributed by atoms with Crippen molar-refractivity contribution >= 4 is 35.1 Å². The van der Waals surface area contributed by atoms with Crippen molar-refractivity contribution in [1.82, 2.24) is 9.97 Å². The first-order valence-electron chi connectivity index (χ1n) is 9.56. The maximum Gasteiger partial charge on any atom is 0.0850 e. The van der Waals surface area contributed by atoms with Crippen molar-refractivity contribution in [3.8, 4) is 0 Å². The number of benzene rings is 2. The second-order valence-corrected chi connectivity index (χ2v) is 8.12. The molecule has 2 heterocycles. The molecule has 2 aromatic carbocycles. The topological polar surface area (TPSA) is 42.9 Å². The van der Waals surface area contributed by atoms with E-state index in [1.807, 2.05) is 97.1 Å². The second kappa shape index (κ2) is 9.72. The van der Waals surface area contributed by atoms with Crippen molar-refractivity contribution in [3.63, 3.8) is 0 Å². The molecule has 0 aliphatic rings. The van der Waals surface area contributed by atoms with E-state index in [4.69, 9.17) is 0 Å². The van der Waals surface area contributed by atoms with Crippen LogP contribution in [0.15, 0.2) is 107 Å². The van der Waals surface area contributed by atoms with Crippen LogP contribution in [0.4, 0.5) is 0 Å². The fourth-order valence-electron chi connectivity index (χ4n) is 2.94. The monoisotopic (exact) mass is 408 g/mol. The minimum atomic E-state index is -1.25. The lowest BCUT2D eigenvalue weighted by atomic mass is 10.1. The van der Waals surface area contributed by atoms with Crippen LogP contribution in [0, 0.1) is 0 Å². The summed E-state index contributed by atoms with van der Waals surface area (Å²) in [5.41, 5.74) is 4.16. The SMILES string of the molecule is O=S(c1cccc(/C=C/c2ccncc2)c1)c1cccc(/C=C/c2ccncc2)c1. The van der Waals surface area contributed by atoms with Crippen LogP contribution >= 0.6 is 0 Å². The van der Waals surface area contributed by atoms with Crippen LogP contribution in [-0.2, 0) is 10.8 Å². The molecule has 0 fully saturated rings. The van der Waals surface area contributed by atoms with Crippen molar-refractivity contribution in [3.05, 3.63) is 120 Å². The quantitative estimate of drug-likeness (QED) is 0.394. The maximum atomic E-state index is 13.1. The van der Waals surface area contributed by atoms with E-state index in [2.05, 4.69) is 9.97 Å². The van der Waals surface area contributed by atoms with Crippen molar-refractivity contribution < 1.29 is 4.21 Å². The van der Waals surface area contributed by atoms with Gasteiger partial charge in [0.25, 0.3) is 0 Å². The zero-order valence-corrected chi connectivity index (χ0v) is 17.1. The summed E-state index contributed by atoms with van der Waals surface area (Å²) in [6, 6.07) is 23.4. The van der Waals surface area contributed by atoms with Gasteiger partial charge in [0.1, 0.15) is 0 Å². The fraction of sp³-hybridized carbons (Fsp3) is 0. The van der Waals surface area contributed by atoms with Gasteiger partial charge >= 0.3 is 0 Å². The summed E-state index contributed by atoms with van der Waals surface area (Å²) in [5.74, 6) is 0. The summed E-state index contributed by atoms with van der Waals surface area (Å²) in [6.07, 6.45) is 15.1. The normalized spacial score (nSPS) is 11.5. The zero-order valence-electron chi connectivity index (χ0n) is 16.3. The third-order valence-electron chi connectivity index (χ3n) is 4.49. The van der Waals surface area contributed by atoms with Gasteiger partial charge in [0.15, 0.2) is 0 Å². The smallest absolute Gasteiger partial charge is 0.0850 e. The Morgan fingerprint density at radius 2 is 0.933 bits per heavy atom. The largest absolute Gasteiger partial charge is 0.265 e. The van der Waals surface area contributed by atoms with Crippen LogP contribution in [0.1, 0.15) is 22.3 Å². The highest BCUT2D eigenvalue weighted by Gasteiger charge is 2.07. The Hall–Kier alpha value is -3.63. The highest BCUT2D eigenvalue weighted by atomic mass is 32.2. The van der Waals surface area contributed by atoms with Crippen LogP contribution in [0.25, 0.3) is 24.3 Å². The summed E-state index contributed by atoms with van der Waals surface area (Å²) >= 11 is 0. The van der Waals surface area contributed by atoms with Crippen molar-refractivity contribution in [2.75, 3.05) is 0 Å². The molecule has 4 rings (SSSR count). The molecule has 0 unspecified atom stereocenters. The minimum Gasteiger partial charge on any atom is -0.265 e. The second-order valence-electron chi connectivity index (χ2n) is 6.64. The molecule has 3 nitrogen and oxygen atoms in total. The number of pyridine rings is 2. The molecule has 0 aliphatic heterocycles. The molecule has 4 heteroatoms. The Morgan fingerprint density at radius 3 is 1.37 bits per heavy atom. The highest BCUT2D eigenvalue weighted by molar-refractivity contribution is 7.85. The molecule has 4 aromatic rings. The molecule has 0 saturated carbocycles. The van der Waals surface area contributed by atoms with E-state index >= 15 is 0 Å². The third-order valence-corrected chi connectivity index (χ3v) is 5.86. The predicted octanol–water partition coefficient (Wildman–Crippen LogP) is 5.98. The average Bonchev–Trinajstić information content (AvgIpc) is 2.83. The van der Waals surface area contributed by atoms with Gasteiger partial charge in [-0.15, -0.1) is 0 Å². The van der Waals surface area contributed by atoms with Crippen LogP contribution in [0.5, 0.6) is 0 Å². The van der Waals surface area contributed by atoms with E-state index in [0.29, 0.717) is 0 Å². The van der Waals surface area contributed by atoms with Gasteiger partial charge in [-0.1, -0.05) is 48.6 Å². The molecule has 0 atom stereocenters. The van der Waals surface area contributed by atoms with E-state index in [9.17, 15) is 4.21 Å². The first-order valence-corrected chi connectivity index (χ1v) is 10.7. The van der Waals surface area contributed by atoms with Gasteiger partial charge in [-0.3, -0.25) is 9.97 Å². The number of rotatable bonds is 6. The lowest BCUT2D eigenvalue weighted by Gasteiger charge is -2.05. The summed E-state index contributed by atoms with van der Waals surface area (Å²) in [4.78, 5) is 9.61. The fourth-order valence-corrected chi connectivity index (χ4v) is 4.10. The van der Waals surface area contributed by atoms with Gasteiger partial charge in [-0.25, -0.2) is 4.21 Å². The van der Waals surface area contributed by atoms with E-state index in [-0.39, 0.29) is 0 Å². The van der Waals surface area contributed by atoms with E-state index in [1.54, 1.807) is 24.8 Å². The lowest BCUT2D eigenvalue weighted by molar-refractivity contribution is 0.683. The molecule has 146 valence electrons. The maximum absolute atomic E-state index is 13.1. The molecule has 0 radical (unpaired) electrons. The molecule has 0 spiro atoms. The highest BCUT2D eigenvalue weighted by Crippen LogP contribution is 2.20. The van der Waals surface area contributed by atoms with Crippen LogP contribution in [0.2, 0.25) is 0 Å². The first kappa shape index (κ1) is 19.7. The van der Waals surface area contributed by atoms with Gasteiger partial charge in [-0.05, 0) is 70.8 Å². The molecule has 0 bridgehead atoms. The molecule has 30 heavy (non-hydrogen) atoms. The molecule has 0 saturated heterocycles.